The van der Waals surface area contributed by atoms with Crippen LogP contribution in [0, 0.1) is 17.1 Å². The SMILES string of the molecule is C[C@@H](N[C@H]1CCCN(c2ccc(C#N)cc2)C1=O)c1cncc(F)c1. The lowest BCUT2D eigenvalue weighted by molar-refractivity contribution is -0.122. The molecular weight excluding hydrogens is 319 g/mol. The number of anilines is 1. The first-order chi connectivity index (χ1) is 12.1. The third-order valence-electron chi connectivity index (χ3n) is 4.42. The number of rotatable bonds is 4. The van der Waals surface area contributed by atoms with Gasteiger partial charge in [-0.15, -0.1) is 0 Å². The number of nitriles is 1. The molecule has 2 atom stereocenters. The van der Waals surface area contributed by atoms with E-state index in [9.17, 15) is 9.18 Å². The van der Waals surface area contributed by atoms with E-state index < -0.39 is 0 Å². The number of piperidine rings is 1. The zero-order valence-corrected chi connectivity index (χ0v) is 13.9. The largest absolute Gasteiger partial charge is 0.311 e. The number of hydrogen-bond donors (Lipinski definition) is 1. The van der Waals surface area contributed by atoms with Gasteiger partial charge >= 0.3 is 0 Å². The molecule has 0 spiro atoms. The summed E-state index contributed by atoms with van der Waals surface area (Å²) in [7, 11) is 0. The minimum absolute atomic E-state index is 0.00725. The van der Waals surface area contributed by atoms with Crippen LogP contribution in [0.5, 0.6) is 0 Å². The van der Waals surface area contributed by atoms with E-state index in [-0.39, 0.29) is 23.8 Å². The molecular formula is C19H19FN4O. The summed E-state index contributed by atoms with van der Waals surface area (Å²) in [5.74, 6) is -0.396. The van der Waals surface area contributed by atoms with E-state index in [0.717, 1.165) is 24.7 Å². The van der Waals surface area contributed by atoms with E-state index in [1.165, 1.54) is 6.07 Å². The van der Waals surface area contributed by atoms with Gasteiger partial charge in [-0.3, -0.25) is 15.1 Å². The first-order valence-electron chi connectivity index (χ1n) is 8.26. The summed E-state index contributed by atoms with van der Waals surface area (Å²) in [5, 5.41) is 12.2. The van der Waals surface area contributed by atoms with Crippen molar-refractivity contribution in [1.29, 1.82) is 5.26 Å². The summed E-state index contributed by atoms with van der Waals surface area (Å²) < 4.78 is 13.3. The van der Waals surface area contributed by atoms with Gasteiger partial charge in [0, 0.05) is 24.5 Å². The maximum absolute atomic E-state index is 13.3. The lowest BCUT2D eigenvalue weighted by atomic mass is 10.0. The van der Waals surface area contributed by atoms with Crippen molar-refractivity contribution in [3.8, 4) is 6.07 Å². The van der Waals surface area contributed by atoms with Crippen LogP contribution in [0.15, 0.2) is 42.7 Å². The van der Waals surface area contributed by atoms with Crippen LogP contribution in [0.1, 0.15) is 36.9 Å². The predicted molar refractivity (Wildman–Crippen MR) is 92.3 cm³/mol. The minimum atomic E-state index is -0.389. The molecule has 1 fully saturated rings. The van der Waals surface area contributed by atoms with Crippen LogP contribution in [-0.4, -0.2) is 23.5 Å². The molecule has 0 unspecified atom stereocenters. The number of hydrogen-bond acceptors (Lipinski definition) is 4. The molecule has 1 saturated heterocycles. The summed E-state index contributed by atoms with van der Waals surface area (Å²) in [5.41, 5.74) is 2.06. The van der Waals surface area contributed by atoms with Gasteiger partial charge in [0.25, 0.3) is 0 Å². The molecule has 0 saturated carbocycles. The average Bonchev–Trinajstić information content (AvgIpc) is 2.63. The van der Waals surface area contributed by atoms with Crippen molar-refractivity contribution in [2.75, 3.05) is 11.4 Å². The molecule has 1 aromatic carbocycles. The Balaban J connectivity index is 1.72. The highest BCUT2D eigenvalue weighted by molar-refractivity contribution is 5.98. The van der Waals surface area contributed by atoms with Crippen molar-refractivity contribution in [2.45, 2.75) is 31.8 Å². The molecule has 6 heteroatoms. The van der Waals surface area contributed by atoms with Crippen molar-refractivity contribution in [2.24, 2.45) is 0 Å². The Labute approximate surface area is 146 Å². The number of halogens is 1. The Bertz CT molecular complexity index is 800. The van der Waals surface area contributed by atoms with Gasteiger partial charge < -0.3 is 4.90 Å². The van der Waals surface area contributed by atoms with Gasteiger partial charge in [0.15, 0.2) is 0 Å². The highest BCUT2D eigenvalue weighted by Gasteiger charge is 2.30. The summed E-state index contributed by atoms with van der Waals surface area (Å²) in [6.07, 6.45) is 4.37. The summed E-state index contributed by atoms with van der Waals surface area (Å²) >= 11 is 0. The molecule has 1 aromatic heterocycles. The molecule has 128 valence electrons. The smallest absolute Gasteiger partial charge is 0.244 e. The molecule has 25 heavy (non-hydrogen) atoms. The molecule has 3 rings (SSSR count). The lowest BCUT2D eigenvalue weighted by Gasteiger charge is -2.34. The third kappa shape index (κ3) is 3.83. The number of carbonyl (C=O) groups excluding carboxylic acids is 1. The number of benzene rings is 1. The summed E-state index contributed by atoms with van der Waals surface area (Å²) in [4.78, 5) is 18.4. The zero-order valence-electron chi connectivity index (χ0n) is 13.9. The van der Waals surface area contributed by atoms with E-state index in [1.54, 1.807) is 35.4 Å². The van der Waals surface area contributed by atoms with Crippen molar-refractivity contribution >= 4 is 11.6 Å². The summed E-state index contributed by atoms with van der Waals surface area (Å²) in [6, 6.07) is 9.99. The second-order valence-electron chi connectivity index (χ2n) is 6.17. The van der Waals surface area contributed by atoms with Gasteiger partial charge in [-0.05, 0) is 55.7 Å². The fourth-order valence-corrected chi connectivity index (χ4v) is 3.07. The second kappa shape index (κ2) is 7.41. The van der Waals surface area contributed by atoms with Crippen LogP contribution in [0.3, 0.4) is 0 Å². The van der Waals surface area contributed by atoms with Gasteiger partial charge in [0.1, 0.15) is 5.82 Å². The maximum atomic E-state index is 13.3. The Morgan fingerprint density at radius 2 is 2.12 bits per heavy atom. The zero-order chi connectivity index (χ0) is 17.8. The van der Waals surface area contributed by atoms with Crippen LogP contribution < -0.4 is 10.2 Å². The fraction of sp³-hybridized carbons (Fsp3) is 0.316. The first kappa shape index (κ1) is 17.1. The standard InChI is InChI=1S/C19H19FN4O/c1-13(15-9-16(20)12-22-11-15)23-18-3-2-8-24(19(18)25)17-6-4-14(10-21)5-7-17/h4-7,9,11-13,18,23H,2-3,8H2,1H3/t13-,18+/m1/s1. The third-order valence-corrected chi connectivity index (χ3v) is 4.42. The van der Waals surface area contributed by atoms with E-state index in [2.05, 4.69) is 16.4 Å². The Morgan fingerprint density at radius 3 is 2.80 bits per heavy atom. The molecule has 0 aliphatic carbocycles. The van der Waals surface area contributed by atoms with Gasteiger partial charge in [-0.25, -0.2) is 4.39 Å². The molecule has 0 radical (unpaired) electrons. The van der Waals surface area contributed by atoms with E-state index in [1.807, 2.05) is 6.92 Å². The minimum Gasteiger partial charge on any atom is -0.311 e. The average molecular weight is 338 g/mol. The highest BCUT2D eigenvalue weighted by Crippen LogP contribution is 2.23. The second-order valence-corrected chi connectivity index (χ2v) is 6.17. The quantitative estimate of drug-likeness (QED) is 0.930. The van der Waals surface area contributed by atoms with Crippen molar-refractivity contribution in [3.63, 3.8) is 0 Å². The van der Waals surface area contributed by atoms with Crippen molar-refractivity contribution < 1.29 is 9.18 Å². The van der Waals surface area contributed by atoms with Crippen LogP contribution in [0.25, 0.3) is 0 Å². The maximum Gasteiger partial charge on any atom is 0.244 e. The van der Waals surface area contributed by atoms with Crippen LogP contribution in [0.2, 0.25) is 0 Å². The molecule has 2 aromatic rings. The van der Waals surface area contributed by atoms with Gasteiger partial charge in [-0.2, -0.15) is 5.26 Å². The van der Waals surface area contributed by atoms with Crippen LogP contribution in [-0.2, 0) is 4.79 Å². The number of carbonyl (C=O) groups is 1. The topological polar surface area (TPSA) is 69.0 Å². The number of nitrogens with one attached hydrogen (secondary N) is 1. The van der Waals surface area contributed by atoms with Gasteiger partial charge in [-0.1, -0.05) is 0 Å². The van der Waals surface area contributed by atoms with Crippen molar-refractivity contribution in [3.05, 3.63) is 59.7 Å². The normalized spacial score (nSPS) is 18.7. The number of aromatic nitrogens is 1. The van der Waals surface area contributed by atoms with Gasteiger partial charge in [0.2, 0.25) is 5.91 Å². The van der Waals surface area contributed by atoms with Crippen molar-refractivity contribution in [1.82, 2.24) is 10.3 Å². The molecule has 1 aliphatic rings. The molecule has 0 bridgehead atoms. The molecule has 5 nitrogen and oxygen atoms in total. The molecule has 1 N–H and O–H groups in total. The monoisotopic (exact) mass is 338 g/mol. The number of amides is 1. The van der Waals surface area contributed by atoms with E-state index >= 15 is 0 Å². The molecule has 2 heterocycles. The van der Waals surface area contributed by atoms with Crippen LogP contribution in [0.4, 0.5) is 10.1 Å². The lowest BCUT2D eigenvalue weighted by Crippen LogP contribution is -2.51. The van der Waals surface area contributed by atoms with E-state index in [4.69, 9.17) is 5.26 Å². The number of nitrogens with zero attached hydrogens (tertiary/aromatic N) is 3. The van der Waals surface area contributed by atoms with E-state index in [0.29, 0.717) is 17.7 Å². The highest BCUT2D eigenvalue weighted by atomic mass is 19.1. The fourth-order valence-electron chi connectivity index (χ4n) is 3.07. The Hall–Kier alpha value is -2.78. The Morgan fingerprint density at radius 1 is 1.36 bits per heavy atom. The van der Waals surface area contributed by atoms with Crippen LogP contribution >= 0.6 is 0 Å². The first-order valence-corrected chi connectivity index (χ1v) is 8.26. The molecule has 1 amide bonds. The Kier molecular flexibility index (Phi) is 5.05. The van der Waals surface area contributed by atoms with Gasteiger partial charge in [0.05, 0.1) is 23.9 Å². The summed E-state index contributed by atoms with van der Waals surface area (Å²) in [6.45, 7) is 2.54. The molecule has 1 aliphatic heterocycles. The predicted octanol–water partition coefficient (Wildman–Crippen LogP) is 2.94. The number of pyridine rings is 1.